The first kappa shape index (κ1) is 9.00. The molecule has 1 aromatic rings. The van der Waals surface area contributed by atoms with E-state index in [0.29, 0.717) is 6.42 Å². The van der Waals surface area contributed by atoms with Gasteiger partial charge in [0, 0.05) is 18.0 Å². The zero-order valence-corrected chi connectivity index (χ0v) is 7.99. The Balaban J connectivity index is 2.05. The van der Waals surface area contributed by atoms with Crippen molar-refractivity contribution < 1.29 is 4.79 Å². The predicted molar refractivity (Wildman–Crippen MR) is 55.5 cm³/mol. The first-order valence-electron chi connectivity index (χ1n) is 4.78. The number of nitrogens with one attached hydrogen (secondary N) is 1. The molecule has 0 bridgehead atoms. The number of carbonyl (C=O) groups is 1. The Morgan fingerprint density at radius 3 is 2.64 bits per heavy atom. The van der Waals surface area contributed by atoms with Gasteiger partial charge in [0.25, 0.3) is 0 Å². The summed E-state index contributed by atoms with van der Waals surface area (Å²) in [5.74, 6) is 0.362. The van der Waals surface area contributed by atoms with E-state index in [0.717, 1.165) is 12.1 Å². The Hall–Kier alpha value is -1.57. The average molecular weight is 187 g/mol. The molecule has 2 heteroatoms. The van der Waals surface area contributed by atoms with Crippen LogP contribution in [0.2, 0.25) is 0 Å². The zero-order valence-electron chi connectivity index (χ0n) is 7.99. The van der Waals surface area contributed by atoms with Crippen LogP contribution >= 0.6 is 0 Å². The molecule has 0 aromatic heterocycles. The molecule has 1 N–H and O–H groups in total. The molecule has 1 saturated heterocycles. The third-order valence-electron chi connectivity index (χ3n) is 2.55. The van der Waals surface area contributed by atoms with Gasteiger partial charge in [-0.1, -0.05) is 36.9 Å². The summed E-state index contributed by atoms with van der Waals surface area (Å²) < 4.78 is 0. The molecule has 1 aromatic carbocycles. The smallest absolute Gasteiger partial charge is 0.224 e. The van der Waals surface area contributed by atoms with Gasteiger partial charge in [0.1, 0.15) is 0 Å². The van der Waals surface area contributed by atoms with Crippen LogP contribution in [-0.4, -0.2) is 5.91 Å². The summed E-state index contributed by atoms with van der Waals surface area (Å²) >= 11 is 0. The van der Waals surface area contributed by atoms with Gasteiger partial charge in [-0.15, -0.1) is 0 Å². The molecule has 2 nitrogen and oxygen atoms in total. The largest absolute Gasteiger partial charge is 0.330 e. The van der Waals surface area contributed by atoms with Crippen molar-refractivity contribution in [3.8, 4) is 0 Å². The number of carbonyl (C=O) groups excluding carboxylic acids is 1. The van der Waals surface area contributed by atoms with Crippen molar-refractivity contribution in [3.05, 3.63) is 48.2 Å². The quantitative estimate of drug-likeness (QED) is 0.752. The van der Waals surface area contributed by atoms with Gasteiger partial charge in [-0.3, -0.25) is 4.79 Å². The minimum atomic E-state index is 0.0935. The van der Waals surface area contributed by atoms with Crippen molar-refractivity contribution >= 4 is 5.91 Å². The molecule has 1 fully saturated rings. The highest BCUT2D eigenvalue weighted by atomic mass is 16.1. The second kappa shape index (κ2) is 3.66. The highest BCUT2D eigenvalue weighted by molar-refractivity contribution is 5.81. The summed E-state index contributed by atoms with van der Waals surface area (Å²) in [4.78, 5) is 11.1. The van der Waals surface area contributed by atoms with Gasteiger partial charge >= 0.3 is 0 Å². The van der Waals surface area contributed by atoms with Crippen molar-refractivity contribution in [1.82, 2.24) is 5.32 Å². The van der Waals surface area contributed by atoms with Gasteiger partial charge in [-0.25, -0.2) is 0 Å². The van der Waals surface area contributed by atoms with Gasteiger partial charge < -0.3 is 5.32 Å². The number of rotatable bonds is 2. The zero-order chi connectivity index (χ0) is 9.97. The van der Waals surface area contributed by atoms with Crippen LogP contribution in [-0.2, 0) is 11.2 Å². The maximum atomic E-state index is 11.1. The number of hydrogen-bond donors (Lipinski definition) is 1. The van der Waals surface area contributed by atoms with Gasteiger partial charge in [0.15, 0.2) is 0 Å². The molecule has 14 heavy (non-hydrogen) atoms. The third kappa shape index (κ3) is 1.84. The van der Waals surface area contributed by atoms with E-state index in [1.165, 1.54) is 5.56 Å². The topological polar surface area (TPSA) is 29.1 Å². The van der Waals surface area contributed by atoms with Gasteiger partial charge in [0.05, 0.1) is 0 Å². The first-order valence-corrected chi connectivity index (χ1v) is 4.78. The lowest BCUT2D eigenvalue weighted by atomic mass is 9.96. The molecule has 1 aliphatic rings. The van der Waals surface area contributed by atoms with Gasteiger partial charge in [0.2, 0.25) is 5.91 Å². The molecule has 0 saturated carbocycles. The van der Waals surface area contributed by atoms with Crippen LogP contribution in [0.3, 0.4) is 0 Å². The molecule has 0 spiro atoms. The van der Waals surface area contributed by atoms with E-state index in [4.69, 9.17) is 0 Å². The van der Waals surface area contributed by atoms with Crippen molar-refractivity contribution in [1.29, 1.82) is 0 Å². The summed E-state index contributed by atoms with van der Waals surface area (Å²) in [5, 5.41) is 2.75. The second-order valence-corrected chi connectivity index (χ2v) is 3.66. The summed E-state index contributed by atoms with van der Waals surface area (Å²) in [6, 6.07) is 10.2. The standard InChI is InChI=1S/C12H13NO/c1-9-11(8-12(14)13-9)7-10-5-3-2-4-6-10/h2-6,11H,1,7-8H2,(H,13,14). The molecule has 0 aliphatic carbocycles. The normalized spacial score (nSPS) is 21.0. The van der Waals surface area contributed by atoms with E-state index in [-0.39, 0.29) is 11.8 Å². The van der Waals surface area contributed by atoms with Crippen LogP contribution in [0.5, 0.6) is 0 Å². The molecule has 0 radical (unpaired) electrons. The number of benzene rings is 1. The maximum absolute atomic E-state index is 11.1. The van der Waals surface area contributed by atoms with E-state index in [2.05, 4.69) is 24.0 Å². The van der Waals surface area contributed by atoms with Crippen LogP contribution in [0, 0.1) is 5.92 Å². The van der Waals surface area contributed by atoms with Crippen LogP contribution in [0.15, 0.2) is 42.6 Å². The minimum Gasteiger partial charge on any atom is -0.330 e. The molecule has 2 rings (SSSR count). The van der Waals surface area contributed by atoms with E-state index < -0.39 is 0 Å². The Morgan fingerprint density at radius 2 is 2.07 bits per heavy atom. The molecular weight excluding hydrogens is 174 g/mol. The molecular formula is C12H13NO. The van der Waals surface area contributed by atoms with Crippen LogP contribution in [0.1, 0.15) is 12.0 Å². The molecule has 1 unspecified atom stereocenters. The summed E-state index contributed by atoms with van der Waals surface area (Å²) in [6.45, 7) is 3.85. The first-order chi connectivity index (χ1) is 6.75. The predicted octanol–water partition coefficient (Wildman–Crippen LogP) is 1.88. The minimum absolute atomic E-state index is 0.0935. The Kier molecular flexibility index (Phi) is 2.35. The Morgan fingerprint density at radius 1 is 1.36 bits per heavy atom. The average Bonchev–Trinajstić information content (AvgIpc) is 2.47. The molecule has 1 aliphatic heterocycles. The fourth-order valence-corrected chi connectivity index (χ4v) is 1.77. The van der Waals surface area contributed by atoms with Crippen molar-refractivity contribution in [2.24, 2.45) is 5.92 Å². The second-order valence-electron chi connectivity index (χ2n) is 3.66. The Bertz CT molecular complexity index is 356. The summed E-state index contributed by atoms with van der Waals surface area (Å²) in [5.41, 5.74) is 2.12. The summed E-state index contributed by atoms with van der Waals surface area (Å²) in [6.07, 6.45) is 1.48. The molecule has 1 atom stereocenters. The number of amides is 1. The van der Waals surface area contributed by atoms with E-state index in [1.54, 1.807) is 0 Å². The highest BCUT2D eigenvalue weighted by Crippen LogP contribution is 2.22. The fourth-order valence-electron chi connectivity index (χ4n) is 1.77. The lowest BCUT2D eigenvalue weighted by Crippen LogP contribution is -2.11. The monoisotopic (exact) mass is 187 g/mol. The summed E-state index contributed by atoms with van der Waals surface area (Å²) in [7, 11) is 0. The highest BCUT2D eigenvalue weighted by Gasteiger charge is 2.25. The van der Waals surface area contributed by atoms with Crippen molar-refractivity contribution in [3.63, 3.8) is 0 Å². The number of allylic oxidation sites excluding steroid dienone is 1. The fraction of sp³-hybridized carbons (Fsp3) is 0.250. The lowest BCUT2D eigenvalue weighted by Gasteiger charge is -2.08. The van der Waals surface area contributed by atoms with Crippen molar-refractivity contribution in [2.75, 3.05) is 0 Å². The molecule has 72 valence electrons. The van der Waals surface area contributed by atoms with Crippen LogP contribution < -0.4 is 5.32 Å². The van der Waals surface area contributed by atoms with Gasteiger partial charge in [-0.05, 0) is 12.0 Å². The number of hydrogen-bond acceptors (Lipinski definition) is 1. The lowest BCUT2D eigenvalue weighted by molar-refractivity contribution is -0.119. The molecule has 1 heterocycles. The van der Waals surface area contributed by atoms with Gasteiger partial charge in [-0.2, -0.15) is 0 Å². The maximum Gasteiger partial charge on any atom is 0.224 e. The third-order valence-corrected chi connectivity index (χ3v) is 2.55. The van der Waals surface area contributed by atoms with Crippen LogP contribution in [0.4, 0.5) is 0 Å². The SMILES string of the molecule is C=C1NC(=O)CC1Cc1ccccc1. The van der Waals surface area contributed by atoms with Crippen LogP contribution in [0.25, 0.3) is 0 Å². The molecule has 1 amide bonds. The van der Waals surface area contributed by atoms with Crippen molar-refractivity contribution in [2.45, 2.75) is 12.8 Å². The van der Waals surface area contributed by atoms with E-state index >= 15 is 0 Å². The van der Waals surface area contributed by atoms with E-state index in [9.17, 15) is 4.79 Å². The Labute approximate surface area is 83.6 Å². The van der Waals surface area contributed by atoms with E-state index in [1.807, 2.05) is 18.2 Å².